The van der Waals surface area contributed by atoms with E-state index in [0.717, 1.165) is 65.6 Å². The molecule has 780 valence electrons. The van der Waals surface area contributed by atoms with Crippen molar-refractivity contribution in [3.8, 4) is 0 Å². The first-order valence-corrected chi connectivity index (χ1v) is 60.3. The minimum atomic E-state index is -5.11. The molecule has 0 amide bonds. The molecule has 0 spiro atoms. The van der Waals surface area contributed by atoms with Gasteiger partial charge in [-0.25, -0.2) is 43.7 Å². The van der Waals surface area contributed by atoms with E-state index >= 15 is 0 Å². The number of fused-ring (bicyclic) bond motifs is 1. The van der Waals surface area contributed by atoms with E-state index in [4.69, 9.17) is 185 Å². The van der Waals surface area contributed by atoms with Crippen LogP contribution in [0.2, 0.25) is 0 Å². The van der Waals surface area contributed by atoms with Crippen LogP contribution in [0.15, 0.2) is 107 Å². The molecule has 15 heterocycles. The number of ether oxygens (including phenoxy) is 7. The number of anilines is 1. The molecular weight excluding hydrogens is 2170 g/mol. The summed E-state index contributed by atoms with van der Waals surface area (Å²) in [4.78, 5) is 268. The summed E-state index contributed by atoms with van der Waals surface area (Å²) >= 11 is 37.6. The topological polar surface area (TPSA) is 748 Å². The monoisotopic (exact) mass is 2260 g/mol. The van der Waals surface area contributed by atoms with Crippen molar-refractivity contribution < 1.29 is 130 Å². The van der Waals surface area contributed by atoms with Crippen LogP contribution < -0.4 is 103 Å². The number of nitrogen functional groups attached to an aromatic ring is 1. The number of nitrogens with two attached hydrogens (primary N) is 1. The summed E-state index contributed by atoms with van der Waals surface area (Å²) in [5, 5.41) is 0. The Bertz CT molecular complexity index is 7300. The van der Waals surface area contributed by atoms with Crippen molar-refractivity contribution in [1.82, 2.24) is 76.8 Å². The third kappa shape index (κ3) is 26.4. The molecule has 0 saturated carbocycles. The number of aromatic amines is 6. The average molecular weight is 2260 g/mol. The van der Waals surface area contributed by atoms with Crippen LogP contribution in [0, 0.1) is 41.5 Å². The zero-order valence-electron chi connectivity index (χ0n) is 74.8. The predicted octanol–water partition coefficient (Wildman–Crippen LogP) is -3.80. The van der Waals surface area contributed by atoms with Crippen LogP contribution in [0.1, 0.15) is 129 Å². The van der Waals surface area contributed by atoms with Gasteiger partial charge in [-0.2, -0.15) is 0 Å². The van der Waals surface area contributed by atoms with Gasteiger partial charge in [-0.3, -0.25) is 95.2 Å². The summed E-state index contributed by atoms with van der Waals surface area (Å²) in [6.07, 6.45) is -23.1. The number of hydrogen-bond acceptors (Lipinski definition) is 51. The Balaban J connectivity index is 0.632. The fourth-order valence-corrected chi connectivity index (χ4v) is 25.9. The number of nitrogens with one attached hydrogen (secondary N) is 6. The second kappa shape index (κ2) is 44.2. The van der Waals surface area contributed by atoms with Gasteiger partial charge >= 0.3 is 34.1 Å². The predicted molar refractivity (Wildman–Crippen MR) is 499 cm³/mol. The molecule has 28 atom stereocenters. The van der Waals surface area contributed by atoms with E-state index in [1.165, 1.54) is 64.8 Å². The number of imidazole rings is 1. The molecule has 8 aromatic rings. The fraction of sp³-hybridized carbons (Fsp3) is 0.592. The standard InChI is InChI=1S/C71H94N17O40P7S7/c1-30-16-82(66(95)76-60(30)89)50-9-37(36(7)115-50)122-130(102,137)109-27-49-43(15-56(121-49)88-29-75-57-58(72)73-28-74-59(57)88)128-135(107,142)114-26-48-42(14-55(120-48)87-21-35(6)65(94)81-71(87)100)127-134(106,141)113-25-47-41(13-54(119-47)86-20-34(5)64(93)80-70(86)99)126-133(105,140)112-24-46-40(12-53(118-46)85-19-33(4)63(92)79-69(85)98)125-132(104,139)111-23-45-39(11-52(117-45)84-18-32(3)62(91)78-68(84)97)124-131(103,138)110-22-44-38(123-129(101,136)108-8)10-51(116-44)83-17-31(2)61(90)77-67(83)96/h16-21,28-29,36-56H,9-15,22-27H2,1-8H3,(H,101,136)(H,102,137)(H,103,138)(H,104,139)(H,105,140)(H,106,141)(H,107,142)(H2,72,73,74)(H,76,89,95)(H,77,90,96)(H,78,91,97)(H,79,92,98)(H,80,93,99)(H,81,94,100)/p-7/t36-,37?,38?,39?,40?,41?,42?,43?,44-,45-,46-,47-,48-,49-,50-,51-,52-,53-,54-,55-,56-,129?,130?,131?,132?,133?,134?,135?/m1/s1. The van der Waals surface area contributed by atoms with Gasteiger partial charge in [-0.05, 0) is 48.5 Å². The Morgan fingerprint density at radius 1 is 0.352 bits per heavy atom. The summed E-state index contributed by atoms with van der Waals surface area (Å²) in [6, 6.07) is 0. The molecule has 0 radical (unpaired) electrons. The lowest BCUT2D eigenvalue weighted by Crippen LogP contribution is -2.35. The Kier molecular flexibility index (Phi) is 34.2. The third-order valence-corrected chi connectivity index (χ3v) is 34.4. The van der Waals surface area contributed by atoms with E-state index in [1.54, 1.807) is 6.92 Å². The first-order chi connectivity index (χ1) is 66.5. The minimum Gasteiger partial charge on any atom is -0.780 e. The molecule has 71 heteroatoms. The molecule has 7 aliphatic heterocycles. The quantitative estimate of drug-likeness (QED) is 0.0143. The van der Waals surface area contributed by atoms with Crippen LogP contribution in [-0.4, -0.2) is 209 Å². The van der Waals surface area contributed by atoms with Gasteiger partial charge in [0, 0.05) is 123 Å². The van der Waals surface area contributed by atoms with Gasteiger partial charge in [0.05, 0.1) is 94.8 Å². The van der Waals surface area contributed by atoms with E-state index < -0.39 is 309 Å². The summed E-state index contributed by atoms with van der Waals surface area (Å²) < 4.78 is 144. The number of nitrogens with zero attached hydrogens (tertiary/aromatic N) is 10. The molecule has 15 rings (SSSR count). The van der Waals surface area contributed by atoms with E-state index in [-0.39, 0.29) is 69.6 Å². The molecule has 14 unspecified atom stereocenters. The zero-order chi connectivity index (χ0) is 103. The number of rotatable bonds is 40. The lowest BCUT2D eigenvalue weighted by Gasteiger charge is -2.37. The van der Waals surface area contributed by atoms with Crippen molar-refractivity contribution in [2.75, 3.05) is 52.5 Å². The van der Waals surface area contributed by atoms with Crippen molar-refractivity contribution in [3.63, 3.8) is 0 Å². The van der Waals surface area contributed by atoms with Crippen LogP contribution in [0.25, 0.3) is 11.2 Å². The number of H-pyrrole nitrogens is 6. The molecule has 57 nitrogen and oxygen atoms in total. The van der Waals surface area contributed by atoms with Gasteiger partial charge < -0.3 is 144 Å². The van der Waals surface area contributed by atoms with Crippen LogP contribution >= 0.6 is 47.1 Å². The molecule has 0 aliphatic carbocycles. The smallest absolute Gasteiger partial charge is 0.330 e. The molecule has 0 aromatic carbocycles. The Morgan fingerprint density at radius 3 is 0.803 bits per heavy atom. The highest BCUT2D eigenvalue weighted by molar-refractivity contribution is 8.32. The minimum absolute atomic E-state index is 0.00270. The molecule has 0 bridgehead atoms. The maximum absolute atomic E-state index is 14.9. The third-order valence-electron chi connectivity index (χ3n) is 23.3. The average Bonchev–Trinajstić information content (AvgIpc) is 1.66. The van der Waals surface area contributed by atoms with Crippen molar-refractivity contribution in [2.24, 2.45) is 0 Å². The molecule has 8 N–H and O–H groups in total. The zero-order valence-corrected chi connectivity index (χ0v) is 86.8. The summed E-state index contributed by atoms with van der Waals surface area (Å²) in [5.41, 5.74) is -3.64. The van der Waals surface area contributed by atoms with Gasteiger partial charge in [0.15, 0.2) is 18.3 Å². The highest BCUT2D eigenvalue weighted by Crippen LogP contribution is 2.56. The summed E-state index contributed by atoms with van der Waals surface area (Å²) in [5.74, 6) is -0.0109. The van der Waals surface area contributed by atoms with Gasteiger partial charge in [0.2, 0.25) is 0 Å². The molecular formula is C71H87N17O40P7S7-7. The first kappa shape index (κ1) is 110. The maximum Gasteiger partial charge on any atom is 0.330 e. The van der Waals surface area contributed by atoms with Gasteiger partial charge in [-0.1, -0.05) is 70.8 Å². The maximum atomic E-state index is 14.9. The van der Waals surface area contributed by atoms with Crippen LogP contribution in [-0.2, 0) is 184 Å². The van der Waals surface area contributed by atoms with Gasteiger partial charge in [-0.15, -0.1) is 0 Å². The lowest BCUT2D eigenvalue weighted by atomic mass is 10.2. The number of aryl methyl sites for hydroxylation is 6. The second-order valence-corrected chi connectivity index (χ2v) is 52.3. The molecule has 142 heavy (non-hydrogen) atoms. The van der Waals surface area contributed by atoms with Crippen LogP contribution in [0.4, 0.5) is 5.82 Å². The van der Waals surface area contributed by atoms with Gasteiger partial charge in [0.25, 0.3) is 33.4 Å². The Morgan fingerprint density at radius 2 is 0.563 bits per heavy atom. The highest BCUT2D eigenvalue weighted by atomic mass is 32.7. The van der Waals surface area contributed by atoms with E-state index in [2.05, 4.69) is 44.9 Å². The van der Waals surface area contributed by atoms with Crippen LogP contribution in [0.3, 0.4) is 0 Å². The summed E-state index contributed by atoms with van der Waals surface area (Å²) in [7, 11) is 1.00. The number of aromatic nitrogens is 16. The second-order valence-electron chi connectivity index (χ2n) is 33.3. The Labute approximate surface area is 832 Å². The number of hydrogen-bond donors (Lipinski definition) is 7. The van der Waals surface area contributed by atoms with Crippen molar-refractivity contribution in [2.45, 2.75) is 222 Å². The molecule has 8 aromatic heterocycles. The molecule has 7 saturated heterocycles. The van der Waals surface area contributed by atoms with E-state index in [9.17, 15) is 91.5 Å². The van der Waals surface area contributed by atoms with Crippen LogP contribution in [0.5, 0.6) is 0 Å². The molecule has 7 aliphatic rings. The SMILES string of the molecule is COP(=O)([S-])OC1C[C@H](n2cc(C)c(=O)[nH]c2=O)O[C@@H]1COP([O-])(=S)OC1C[C@H](n2cc(C)c(=O)[nH]c2=O)O[C@@H]1COP([O-])(=S)OC1C[C@H](n2cc(C)c(=O)[nH]c2=O)O[C@@H]1COP([O-])(=S)OC1C[C@H](n2cc(C)c(=O)[nH]c2=O)O[C@@H]1COP([O-])(=S)OC1C[C@H](n2cc(C)c(=O)[nH]c2=O)O[C@@H]1COP([O-])(=S)OC1C[C@H](n2cnc3c(N)ncnc32)O[C@@H]1COP([O-])(=S)OC1C[C@H](n2cc(C)c(=O)[nH]c2=O)O[C@@H]1C. The summed E-state index contributed by atoms with van der Waals surface area (Å²) in [6.45, 7) is -29.4. The van der Waals surface area contributed by atoms with Crippen molar-refractivity contribution >= 4 is 147 Å². The Hall–Kier alpha value is -6.17. The van der Waals surface area contributed by atoms with Crippen molar-refractivity contribution in [1.29, 1.82) is 0 Å². The van der Waals surface area contributed by atoms with E-state index in [0.29, 0.717) is 0 Å². The normalized spacial score (nSPS) is 29.9. The van der Waals surface area contributed by atoms with E-state index in [1.807, 2.05) is 0 Å². The highest BCUT2D eigenvalue weighted by Gasteiger charge is 2.49. The first-order valence-electron chi connectivity index (χ1n) is 42.4. The fourth-order valence-electron chi connectivity index (χ4n) is 16.1. The molecule has 7 fully saturated rings. The van der Waals surface area contributed by atoms with Crippen molar-refractivity contribution in [3.05, 3.63) is 208 Å². The lowest BCUT2D eigenvalue weighted by molar-refractivity contribution is -0.222. The van der Waals surface area contributed by atoms with Gasteiger partial charge in [0.1, 0.15) is 132 Å². The largest absolute Gasteiger partial charge is 0.780 e.